The Balaban J connectivity index is 2.13. The maximum absolute atomic E-state index is 13.3. The monoisotopic (exact) mass is 346 g/mol. The lowest BCUT2D eigenvalue weighted by Crippen LogP contribution is -2.33. The Labute approximate surface area is 133 Å². The van der Waals surface area contributed by atoms with Crippen molar-refractivity contribution in [2.75, 3.05) is 6.54 Å². The van der Waals surface area contributed by atoms with Crippen LogP contribution in [0.25, 0.3) is 0 Å². The molecule has 120 valence electrons. The second-order valence-corrected chi connectivity index (χ2v) is 7.01. The fourth-order valence-electron chi connectivity index (χ4n) is 1.91. The summed E-state index contributed by atoms with van der Waals surface area (Å²) in [6.07, 6.45) is 1.27. The minimum Gasteiger partial charge on any atom is -0.323 e. The highest BCUT2D eigenvalue weighted by Crippen LogP contribution is 2.19. The van der Waals surface area contributed by atoms with Gasteiger partial charge in [0.1, 0.15) is 11.6 Å². The molecule has 0 aliphatic carbocycles. The smallest absolute Gasteiger partial charge is 0.257 e. The lowest BCUT2D eigenvalue weighted by atomic mass is 10.1. The Bertz CT molecular complexity index is 771. The molecule has 1 aromatic carbocycles. The van der Waals surface area contributed by atoms with Crippen LogP contribution in [-0.2, 0) is 17.1 Å². The number of hydrogen-bond acceptors (Lipinski definition) is 4. The molecule has 0 aliphatic heterocycles. The first-order chi connectivity index (χ1) is 10.2. The van der Waals surface area contributed by atoms with Gasteiger partial charge in [0, 0.05) is 24.7 Å². The van der Waals surface area contributed by atoms with Crippen molar-refractivity contribution >= 4 is 21.6 Å². The first-order valence-electron chi connectivity index (χ1n) is 6.40. The Morgan fingerprint density at radius 1 is 1.45 bits per heavy atom. The molecule has 9 heteroatoms. The summed E-state index contributed by atoms with van der Waals surface area (Å²) in [4.78, 5) is 3.94. The summed E-state index contributed by atoms with van der Waals surface area (Å²) >= 11 is 5.76. The third-order valence-electron chi connectivity index (χ3n) is 3.26. The third kappa shape index (κ3) is 3.64. The van der Waals surface area contributed by atoms with Gasteiger partial charge >= 0.3 is 0 Å². The van der Waals surface area contributed by atoms with Crippen LogP contribution in [0.2, 0.25) is 5.02 Å². The van der Waals surface area contributed by atoms with Crippen LogP contribution in [0.3, 0.4) is 0 Å². The molecule has 0 saturated carbocycles. The minimum atomic E-state index is -3.75. The van der Waals surface area contributed by atoms with Crippen LogP contribution in [0.1, 0.15) is 17.4 Å². The van der Waals surface area contributed by atoms with E-state index in [1.807, 2.05) is 0 Å². The average molecular weight is 347 g/mol. The van der Waals surface area contributed by atoms with Crippen LogP contribution in [0.15, 0.2) is 29.4 Å². The molecular formula is C13H16ClFN4O2S. The van der Waals surface area contributed by atoms with Gasteiger partial charge in [0.2, 0.25) is 0 Å². The van der Waals surface area contributed by atoms with E-state index >= 15 is 0 Å². The van der Waals surface area contributed by atoms with Gasteiger partial charge in [0.15, 0.2) is 5.03 Å². The molecule has 22 heavy (non-hydrogen) atoms. The van der Waals surface area contributed by atoms with E-state index in [2.05, 4.69) is 9.71 Å². The van der Waals surface area contributed by atoms with E-state index in [9.17, 15) is 12.8 Å². The van der Waals surface area contributed by atoms with Crippen LogP contribution in [-0.4, -0.2) is 24.5 Å². The number of imidazole rings is 1. The van der Waals surface area contributed by atoms with Crippen molar-refractivity contribution in [3.63, 3.8) is 0 Å². The molecule has 2 aromatic rings. The first-order valence-corrected chi connectivity index (χ1v) is 8.26. The van der Waals surface area contributed by atoms with Crippen LogP contribution < -0.4 is 10.5 Å². The molecule has 0 bridgehead atoms. The summed E-state index contributed by atoms with van der Waals surface area (Å²) < 4.78 is 41.5. The molecule has 1 atom stereocenters. The highest BCUT2D eigenvalue weighted by molar-refractivity contribution is 7.89. The van der Waals surface area contributed by atoms with Gasteiger partial charge < -0.3 is 10.3 Å². The number of rotatable bonds is 5. The fourth-order valence-corrected chi connectivity index (χ4v) is 3.37. The average Bonchev–Trinajstić information content (AvgIpc) is 2.76. The highest BCUT2D eigenvalue weighted by atomic mass is 35.5. The van der Waals surface area contributed by atoms with E-state index in [4.69, 9.17) is 17.3 Å². The second-order valence-electron chi connectivity index (χ2n) is 4.86. The van der Waals surface area contributed by atoms with Gasteiger partial charge in [-0.05, 0) is 30.7 Å². The summed E-state index contributed by atoms with van der Waals surface area (Å²) in [7, 11) is -2.15. The summed E-state index contributed by atoms with van der Waals surface area (Å²) in [6, 6.07) is 3.15. The number of benzene rings is 1. The van der Waals surface area contributed by atoms with Crippen LogP contribution in [0.4, 0.5) is 4.39 Å². The fraction of sp³-hybridized carbons (Fsp3) is 0.308. The number of hydrogen-bond donors (Lipinski definition) is 2. The molecular weight excluding hydrogens is 331 g/mol. The quantitative estimate of drug-likeness (QED) is 0.858. The molecule has 0 saturated heterocycles. The largest absolute Gasteiger partial charge is 0.323 e. The van der Waals surface area contributed by atoms with E-state index in [0.29, 0.717) is 11.4 Å². The Hall–Kier alpha value is -1.48. The summed E-state index contributed by atoms with van der Waals surface area (Å²) in [6.45, 7) is 1.60. The van der Waals surface area contributed by atoms with Gasteiger partial charge in [-0.3, -0.25) is 0 Å². The van der Waals surface area contributed by atoms with Crippen LogP contribution in [0, 0.1) is 12.7 Å². The molecule has 3 N–H and O–H groups in total. The first kappa shape index (κ1) is 16.9. The van der Waals surface area contributed by atoms with Gasteiger partial charge in [0.05, 0.1) is 6.20 Å². The molecule has 1 heterocycles. The van der Waals surface area contributed by atoms with Crippen molar-refractivity contribution in [1.82, 2.24) is 14.3 Å². The molecule has 2 rings (SSSR count). The number of sulfonamides is 1. The van der Waals surface area contributed by atoms with E-state index < -0.39 is 21.9 Å². The summed E-state index contributed by atoms with van der Waals surface area (Å²) in [5.41, 5.74) is 6.30. The number of nitrogens with one attached hydrogen (secondary N) is 1. The Morgan fingerprint density at radius 3 is 2.68 bits per heavy atom. The van der Waals surface area contributed by atoms with Gasteiger partial charge in [-0.2, -0.15) is 0 Å². The van der Waals surface area contributed by atoms with Gasteiger partial charge in [-0.25, -0.2) is 22.5 Å². The third-order valence-corrected chi connectivity index (χ3v) is 4.95. The zero-order valence-corrected chi connectivity index (χ0v) is 13.6. The highest BCUT2D eigenvalue weighted by Gasteiger charge is 2.20. The van der Waals surface area contributed by atoms with Crippen LogP contribution >= 0.6 is 11.6 Å². The van der Waals surface area contributed by atoms with Crippen molar-refractivity contribution in [2.45, 2.75) is 18.0 Å². The molecule has 0 fully saturated rings. The molecule has 1 unspecified atom stereocenters. The zero-order chi connectivity index (χ0) is 16.5. The second kappa shape index (κ2) is 6.33. The zero-order valence-electron chi connectivity index (χ0n) is 12.0. The maximum Gasteiger partial charge on any atom is 0.257 e. The number of aromatic nitrogens is 2. The number of aryl methyl sites for hydroxylation is 1. The predicted molar refractivity (Wildman–Crippen MR) is 81.5 cm³/mol. The maximum atomic E-state index is 13.3. The molecule has 0 spiro atoms. The molecule has 6 nitrogen and oxygen atoms in total. The van der Waals surface area contributed by atoms with E-state index in [1.54, 1.807) is 14.0 Å². The number of nitrogens with two attached hydrogens (primary N) is 1. The standard InChI is InChI=1S/C13H16ClFN4O2S/c1-8-17-7-13(19(8)2)22(20,21)18-6-12(16)9-3-10(14)5-11(15)4-9/h3-5,7,12,18H,6,16H2,1-2H3. The minimum absolute atomic E-state index is 0.0366. The molecule has 1 aromatic heterocycles. The topological polar surface area (TPSA) is 90.0 Å². The van der Waals surface area contributed by atoms with E-state index in [0.717, 1.165) is 6.07 Å². The Morgan fingerprint density at radius 2 is 2.14 bits per heavy atom. The number of halogens is 2. The van der Waals surface area contributed by atoms with Crippen molar-refractivity contribution in [3.05, 3.63) is 46.6 Å². The SMILES string of the molecule is Cc1ncc(S(=O)(=O)NCC(N)c2cc(F)cc(Cl)c2)n1C. The van der Waals surface area contributed by atoms with Crippen molar-refractivity contribution < 1.29 is 12.8 Å². The molecule has 0 radical (unpaired) electrons. The molecule has 0 amide bonds. The van der Waals surface area contributed by atoms with E-state index in [1.165, 1.54) is 22.9 Å². The normalized spacial score (nSPS) is 13.3. The lowest BCUT2D eigenvalue weighted by Gasteiger charge is -2.14. The lowest BCUT2D eigenvalue weighted by molar-refractivity contribution is 0.560. The van der Waals surface area contributed by atoms with E-state index in [-0.39, 0.29) is 16.6 Å². The van der Waals surface area contributed by atoms with Crippen molar-refractivity contribution in [3.8, 4) is 0 Å². The van der Waals surface area contributed by atoms with Gasteiger partial charge in [0.25, 0.3) is 10.0 Å². The van der Waals surface area contributed by atoms with Gasteiger partial charge in [-0.15, -0.1) is 0 Å². The van der Waals surface area contributed by atoms with Crippen molar-refractivity contribution in [1.29, 1.82) is 0 Å². The van der Waals surface area contributed by atoms with Crippen LogP contribution in [0.5, 0.6) is 0 Å². The number of nitrogens with zero attached hydrogens (tertiary/aromatic N) is 2. The summed E-state index contributed by atoms with van der Waals surface area (Å²) in [5.74, 6) is 0.0460. The molecule has 0 aliphatic rings. The predicted octanol–water partition coefficient (Wildman–Crippen LogP) is 1.50. The summed E-state index contributed by atoms with van der Waals surface area (Å²) in [5, 5.41) is 0.241. The van der Waals surface area contributed by atoms with Gasteiger partial charge in [-0.1, -0.05) is 11.6 Å². The Kier molecular flexibility index (Phi) is 4.86. The van der Waals surface area contributed by atoms with Crippen molar-refractivity contribution in [2.24, 2.45) is 12.8 Å².